The van der Waals surface area contributed by atoms with Gasteiger partial charge in [-0.25, -0.2) is 17.5 Å². The molecule has 1 aliphatic heterocycles. The fourth-order valence-corrected chi connectivity index (χ4v) is 5.65. The predicted octanol–water partition coefficient (Wildman–Crippen LogP) is 3.52. The van der Waals surface area contributed by atoms with Crippen LogP contribution in [-0.4, -0.2) is 46.1 Å². The number of carbonyl (C=O) groups excluding carboxylic acids is 1. The lowest BCUT2D eigenvalue weighted by molar-refractivity contribution is 0.0951. The number of hydrogen-bond donors (Lipinski definition) is 1. The molecule has 1 aliphatic rings. The van der Waals surface area contributed by atoms with E-state index in [1.54, 1.807) is 58.0 Å². The highest BCUT2D eigenvalue weighted by molar-refractivity contribution is 7.89. The van der Waals surface area contributed by atoms with E-state index in [1.807, 2.05) is 12.1 Å². The summed E-state index contributed by atoms with van der Waals surface area (Å²) in [5.41, 5.74) is 1.73. The van der Waals surface area contributed by atoms with Gasteiger partial charge in [0.15, 0.2) is 5.82 Å². The van der Waals surface area contributed by atoms with Crippen molar-refractivity contribution in [2.45, 2.75) is 24.3 Å². The Morgan fingerprint density at radius 1 is 0.971 bits per heavy atom. The number of amides is 1. The van der Waals surface area contributed by atoms with Crippen molar-refractivity contribution in [1.82, 2.24) is 24.0 Å². The van der Waals surface area contributed by atoms with Crippen molar-refractivity contribution < 1.29 is 17.6 Å². The van der Waals surface area contributed by atoms with E-state index in [0.29, 0.717) is 30.2 Å². The molecule has 5 rings (SSSR count). The Morgan fingerprint density at radius 2 is 1.63 bits per heavy atom. The Balaban J connectivity index is 1.34. The summed E-state index contributed by atoms with van der Waals surface area (Å²) < 4.78 is 43.7. The van der Waals surface area contributed by atoms with Gasteiger partial charge in [-0.05, 0) is 66.9 Å². The van der Waals surface area contributed by atoms with E-state index < -0.39 is 10.0 Å². The van der Waals surface area contributed by atoms with Crippen LogP contribution in [0.4, 0.5) is 4.39 Å². The summed E-state index contributed by atoms with van der Waals surface area (Å²) in [6, 6.07) is 16.1. The molecule has 0 saturated carbocycles. The zero-order valence-electron chi connectivity index (χ0n) is 18.8. The van der Waals surface area contributed by atoms with Crippen LogP contribution in [0.5, 0.6) is 0 Å². The van der Waals surface area contributed by atoms with E-state index in [4.69, 9.17) is 0 Å². The predicted molar refractivity (Wildman–Crippen MR) is 128 cm³/mol. The van der Waals surface area contributed by atoms with E-state index >= 15 is 0 Å². The topological polar surface area (TPSA) is 89.2 Å². The van der Waals surface area contributed by atoms with Gasteiger partial charge in [0.1, 0.15) is 11.4 Å². The van der Waals surface area contributed by atoms with Gasteiger partial charge in [-0.2, -0.15) is 9.40 Å². The average molecular weight is 494 g/mol. The molecule has 4 aromatic rings. The third kappa shape index (κ3) is 4.62. The highest BCUT2D eigenvalue weighted by Gasteiger charge is 2.27. The maximum Gasteiger partial charge on any atom is 0.256 e. The second-order valence-corrected chi connectivity index (χ2v) is 10.2. The molecule has 2 aromatic carbocycles. The Bertz CT molecular complexity index is 1420. The molecular weight excluding hydrogens is 469 g/mol. The maximum absolute atomic E-state index is 13.4. The molecule has 0 atom stereocenters. The molecule has 0 spiro atoms. The van der Waals surface area contributed by atoms with Crippen LogP contribution >= 0.6 is 0 Å². The van der Waals surface area contributed by atoms with Crippen molar-refractivity contribution in [3.05, 3.63) is 96.2 Å². The number of carbonyl (C=O) groups is 1. The highest BCUT2D eigenvalue weighted by Crippen LogP contribution is 2.22. The Kier molecular flexibility index (Phi) is 6.23. The van der Waals surface area contributed by atoms with Crippen LogP contribution in [0.1, 0.15) is 28.8 Å². The van der Waals surface area contributed by atoms with E-state index in [9.17, 15) is 17.6 Å². The van der Waals surface area contributed by atoms with Crippen LogP contribution in [0, 0.1) is 5.82 Å². The monoisotopic (exact) mass is 493 g/mol. The van der Waals surface area contributed by atoms with Gasteiger partial charge in [0.25, 0.3) is 5.91 Å². The molecule has 0 radical (unpaired) electrons. The number of aromatic nitrogens is 3. The first-order chi connectivity index (χ1) is 16.9. The third-order valence-electron chi connectivity index (χ3n) is 5.99. The Labute approximate surface area is 202 Å². The quantitative estimate of drug-likeness (QED) is 0.427. The normalized spacial score (nSPS) is 14.3. The smallest absolute Gasteiger partial charge is 0.256 e. The van der Waals surface area contributed by atoms with Gasteiger partial charge in [-0.3, -0.25) is 4.79 Å². The Morgan fingerprint density at radius 3 is 2.29 bits per heavy atom. The van der Waals surface area contributed by atoms with E-state index in [1.165, 1.54) is 22.6 Å². The summed E-state index contributed by atoms with van der Waals surface area (Å²) in [5.74, 6) is -0.178. The average Bonchev–Trinajstić information content (AvgIpc) is 3.64. The van der Waals surface area contributed by atoms with Crippen LogP contribution in [0.2, 0.25) is 0 Å². The van der Waals surface area contributed by atoms with Crippen molar-refractivity contribution in [3.63, 3.8) is 0 Å². The zero-order valence-corrected chi connectivity index (χ0v) is 19.7. The summed E-state index contributed by atoms with van der Waals surface area (Å²) in [7, 11) is -3.48. The van der Waals surface area contributed by atoms with E-state index in [0.717, 1.165) is 18.4 Å². The highest BCUT2D eigenvalue weighted by atomic mass is 32.2. The molecule has 1 amide bonds. The molecule has 1 saturated heterocycles. The van der Waals surface area contributed by atoms with Crippen molar-refractivity contribution in [2.24, 2.45) is 0 Å². The summed E-state index contributed by atoms with van der Waals surface area (Å²) in [4.78, 5) is 13.3. The minimum absolute atomic E-state index is 0.218. The van der Waals surface area contributed by atoms with Gasteiger partial charge in [0, 0.05) is 32.0 Å². The van der Waals surface area contributed by atoms with Crippen LogP contribution in [0.3, 0.4) is 0 Å². The van der Waals surface area contributed by atoms with Gasteiger partial charge in [0.05, 0.1) is 16.8 Å². The fourth-order valence-electron chi connectivity index (χ4n) is 4.13. The van der Waals surface area contributed by atoms with Crippen LogP contribution in [-0.2, 0) is 16.6 Å². The van der Waals surface area contributed by atoms with Gasteiger partial charge >= 0.3 is 0 Å². The third-order valence-corrected chi connectivity index (χ3v) is 7.90. The first-order valence-corrected chi connectivity index (χ1v) is 12.7. The van der Waals surface area contributed by atoms with Crippen molar-refractivity contribution >= 4 is 15.9 Å². The largest absolute Gasteiger partial charge is 0.348 e. The van der Waals surface area contributed by atoms with Gasteiger partial charge in [0.2, 0.25) is 10.0 Å². The van der Waals surface area contributed by atoms with Crippen LogP contribution in [0.15, 0.2) is 84.1 Å². The first kappa shape index (κ1) is 23.0. The fraction of sp³-hybridized carbons (Fsp3) is 0.200. The van der Waals surface area contributed by atoms with Crippen molar-refractivity contribution in [2.75, 3.05) is 13.1 Å². The SMILES string of the molecule is O=C(NCc1ccc(S(=O)(=O)N2CCCC2)cc1)c1cnn(-c2ccc(F)cc2)c1-n1cccc1. The second-order valence-electron chi connectivity index (χ2n) is 8.30. The van der Waals surface area contributed by atoms with Crippen molar-refractivity contribution in [3.8, 4) is 11.5 Å². The summed E-state index contributed by atoms with van der Waals surface area (Å²) >= 11 is 0. The van der Waals surface area contributed by atoms with Gasteiger partial charge in [-0.15, -0.1) is 0 Å². The molecule has 8 nitrogen and oxygen atoms in total. The van der Waals surface area contributed by atoms with Crippen molar-refractivity contribution in [1.29, 1.82) is 0 Å². The molecule has 10 heteroatoms. The number of rotatable bonds is 7. The van der Waals surface area contributed by atoms with Gasteiger partial charge < -0.3 is 9.88 Å². The summed E-state index contributed by atoms with van der Waals surface area (Å²) in [6.45, 7) is 1.32. The number of benzene rings is 2. The molecule has 2 aromatic heterocycles. The number of nitrogens with zero attached hydrogens (tertiary/aromatic N) is 4. The second kappa shape index (κ2) is 9.47. The summed E-state index contributed by atoms with van der Waals surface area (Å²) in [6.07, 6.45) is 6.83. The zero-order chi connectivity index (χ0) is 24.4. The molecule has 35 heavy (non-hydrogen) atoms. The number of nitrogens with one attached hydrogen (secondary N) is 1. The number of halogens is 1. The van der Waals surface area contributed by atoms with Crippen LogP contribution < -0.4 is 5.32 Å². The van der Waals surface area contributed by atoms with Gasteiger partial charge in [-0.1, -0.05) is 12.1 Å². The standard InChI is InChI=1S/C25H24FN5O3S/c26-20-7-9-21(10-8-20)31-25(29-13-1-2-14-29)23(18-28-31)24(32)27-17-19-5-11-22(12-6-19)35(33,34)30-15-3-4-16-30/h1-2,5-14,18H,3-4,15-17H2,(H,27,32). The molecule has 0 aliphatic carbocycles. The maximum atomic E-state index is 13.4. The minimum Gasteiger partial charge on any atom is -0.348 e. The molecular formula is C25H24FN5O3S. The molecule has 0 unspecified atom stereocenters. The molecule has 0 bridgehead atoms. The lowest BCUT2D eigenvalue weighted by Crippen LogP contribution is -2.28. The number of sulfonamides is 1. The van der Waals surface area contributed by atoms with E-state index in [-0.39, 0.29) is 23.2 Å². The van der Waals surface area contributed by atoms with Crippen LogP contribution in [0.25, 0.3) is 11.5 Å². The first-order valence-electron chi connectivity index (χ1n) is 11.3. The molecule has 180 valence electrons. The Hall–Kier alpha value is -3.76. The lowest BCUT2D eigenvalue weighted by Gasteiger charge is -2.15. The molecule has 3 heterocycles. The molecule has 1 N–H and O–H groups in total. The molecule has 1 fully saturated rings. The summed E-state index contributed by atoms with van der Waals surface area (Å²) in [5, 5.41) is 7.24. The van der Waals surface area contributed by atoms with E-state index in [2.05, 4.69) is 10.4 Å². The minimum atomic E-state index is -3.48. The number of hydrogen-bond acceptors (Lipinski definition) is 4. The lowest BCUT2D eigenvalue weighted by atomic mass is 10.2.